The Bertz CT molecular complexity index is 874. The van der Waals surface area contributed by atoms with Gasteiger partial charge in [0.15, 0.2) is 5.16 Å². The third kappa shape index (κ3) is 4.12. The van der Waals surface area contributed by atoms with E-state index in [0.29, 0.717) is 0 Å². The number of rotatable bonds is 5. The fourth-order valence-corrected chi connectivity index (χ4v) is 3.49. The van der Waals surface area contributed by atoms with Gasteiger partial charge in [0.05, 0.1) is 10.9 Å². The van der Waals surface area contributed by atoms with Crippen molar-refractivity contribution in [2.24, 2.45) is 0 Å². The summed E-state index contributed by atoms with van der Waals surface area (Å²) in [6.45, 7) is 6.06. The van der Waals surface area contributed by atoms with E-state index in [1.807, 2.05) is 48.0 Å². The van der Waals surface area contributed by atoms with Crippen molar-refractivity contribution in [2.75, 3.05) is 5.32 Å². The average Bonchev–Trinajstić information content (AvgIpc) is 3.03. The molecule has 1 heterocycles. The van der Waals surface area contributed by atoms with E-state index in [2.05, 4.69) is 42.3 Å². The molecule has 3 rings (SSSR count). The minimum atomic E-state index is -0.257. The maximum absolute atomic E-state index is 12.4. The van der Waals surface area contributed by atoms with E-state index in [1.165, 1.54) is 22.9 Å². The van der Waals surface area contributed by atoms with Crippen molar-refractivity contribution in [1.82, 2.24) is 9.55 Å². The highest BCUT2D eigenvalue weighted by molar-refractivity contribution is 8.00. The molecule has 1 aromatic heterocycles. The van der Waals surface area contributed by atoms with Crippen molar-refractivity contribution in [3.05, 3.63) is 72.1 Å². The lowest BCUT2D eigenvalue weighted by atomic mass is 10.1. The Labute approximate surface area is 152 Å². The van der Waals surface area contributed by atoms with E-state index in [9.17, 15) is 4.79 Å². The fourth-order valence-electron chi connectivity index (χ4n) is 2.61. The number of carbonyl (C=O) groups is 1. The maximum atomic E-state index is 12.4. The van der Waals surface area contributed by atoms with Gasteiger partial charge < -0.3 is 5.32 Å². The SMILES string of the molecule is Cc1ccc(-n2ccnc2S[C@H](C)C(=O)Nc2ccccc2)c(C)c1. The second kappa shape index (κ2) is 7.57. The molecule has 0 unspecified atom stereocenters. The standard InChI is InChI=1S/C20H21N3OS/c1-14-9-10-18(15(2)13-14)23-12-11-21-20(23)25-16(3)19(24)22-17-7-5-4-6-8-17/h4-13,16H,1-3H3,(H,22,24)/t16-/m1/s1. The van der Waals surface area contributed by atoms with Gasteiger partial charge in [0.2, 0.25) is 5.91 Å². The first-order valence-electron chi connectivity index (χ1n) is 8.18. The Morgan fingerprint density at radius 1 is 1.16 bits per heavy atom. The van der Waals surface area contributed by atoms with Crippen molar-refractivity contribution in [3.63, 3.8) is 0 Å². The molecule has 0 fully saturated rings. The van der Waals surface area contributed by atoms with Gasteiger partial charge in [0.25, 0.3) is 0 Å². The third-order valence-electron chi connectivity index (χ3n) is 3.91. The predicted molar refractivity (Wildman–Crippen MR) is 103 cm³/mol. The highest BCUT2D eigenvalue weighted by atomic mass is 32.2. The number of nitrogens with one attached hydrogen (secondary N) is 1. The maximum Gasteiger partial charge on any atom is 0.237 e. The van der Waals surface area contributed by atoms with Gasteiger partial charge in [-0.1, -0.05) is 47.7 Å². The summed E-state index contributed by atoms with van der Waals surface area (Å²) in [7, 11) is 0. The summed E-state index contributed by atoms with van der Waals surface area (Å²) in [5.74, 6) is -0.0358. The van der Waals surface area contributed by atoms with Gasteiger partial charge >= 0.3 is 0 Å². The van der Waals surface area contributed by atoms with Crippen molar-refractivity contribution in [3.8, 4) is 5.69 Å². The van der Waals surface area contributed by atoms with Gasteiger partial charge in [-0.15, -0.1) is 0 Å². The van der Waals surface area contributed by atoms with E-state index in [4.69, 9.17) is 0 Å². The number of benzene rings is 2. The molecule has 1 N–H and O–H groups in total. The zero-order chi connectivity index (χ0) is 17.8. The molecule has 1 amide bonds. The molecule has 0 spiro atoms. The molecule has 0 aliphatic rings. The van der Waals surface area contributed by atoms with Crippen molar-refractivity contribution in [2.45, 2.75) is 31.2 Å². The smallest absolute Gasteiger partial charge is 0.237 e. The largest absolute Gasteiger partial charge is 0.325 e. The van der Waals surface area contributed by atoms with Crippen LogP contribution in [0.1, 0.15) is 18.1 Å². The molecule has 1 atom stereocenters. The molecular weight excluding hydrogens is 330 g/mol. The Hall–Kier alpha value is -2.53. The normalized spacial score (nSPS) is 12.0. The third-order valence-corrected chi connectivity index (χ3v) is 4.99. The van der Waals surface area contributed by atoms with Crippen LogP contribution in [0, 0.1) is 13.8 Å². The zero-order valence-corrected chi connectivity index (χ0v) is 15.4. The van der Waals surface area contributed by atoms with Crippen LogP contribution in [-0.2, 0) is 4.79 Å². The van der Waals surface area contributed by atoms with Crippen molar-refractivity contribution in [1.29, 1.82) is 0 Å². The van der Waals surface area contributed by atoms with E-state index >= 15 is 0 Å². The van der Waals surface area contributed by atoms with Crippen LogP contribution in [0.3, 0.4) is 0 Å². The fraction of sp³-hybridized carbons (Fsp3) is 0.200. The molecule has 0 aliphatic carbocycles. The van der Waals surface area contributed by atoms with Gasteiger partial charge in [-0.05, 0) is 44.5 Å². The molecule has 0 saturated heterocycles. The van der Waals surface area contributed by atoms with E-state index < -0.39 is 0 Å². The van der Waals surface area contributed by atoms with Crippen LogP contribution in [0.4, 0.5) is 5.69 Å². The molecule has 128 valence electrons. The predicted octanol–water partition coefficient (Wildman–Crippen LogP) is 4.61. The summed E-state index contributed by atoms with van der Waals surface area (Å²) in [6.07, 6.45) is 3.70. The van der Waals surface area contributed by atoms with Crippen LogP contribution in [0.15, 0.2) is 66.1 Å². The van der Waals surface area contributed by atoms with Gasteiger partial charge in [-0.25, -0.2) is 4.98 Å². The number of carbonyl (C=O) groups excluding carboxylic acids is 1. The molecule has 0 radical (unpaired) electrons. The lowest BCUT2D eigenvalue weighted by Crippen LogP contribution is -2.22. The first-order valence-corrected chi connectivity index (χ1v) is 9.06. The van der Waals surface area contributed by atoms with Crippen molar-refractivity contribution < 1.29 is 4.79 Å². The Kier molecular flexibility index (Phi) is 5.24. The minimum absolute atomic E-state index is 0.0358. The van der Waals surface area contributed by atoms with E-state index in [0.717, 1.165) is 16.5 Å². The number of amides is 1. The summed E-state index contributed by atoms with van der Waals surface area (Å²) < 4.78 is 2.03. The molecule has 3 aromatic rings. The number of hydrogen-bond donors (Lipinski definition) is 1. The zero-order valence-electron chi connectivity index (χ0n) is 14.6. The van der Waals surface area contributed by atoms with E-state index in [-0.39, 0.29) is 11.2 Å². The van der Waals surface area contributed by atoms with Gasteiger partial charge in [-0.2, -0.15) is 0 Å². The summed E-state index contributed by atoms with van der Waals surface area (Å²) >= 11 is 1.45. The molecule has 0 saturated carbocycles. The van der Waals surface area contributed by atoms with Gasteiger partial charge in [-0.3, -0.25) is 9.36 Å². The first kappa shape index (κ1) is 17.3. The van der Waals surface area contributed by atoms with E-state index in [1.54, 1.807) is 6.20 Å². The Morgan fingerprint density at radius 2 is 1.92 bits per heavy atom. The number of thioether (sulfide) groups is 1. The molecule has 0 aliphatic heterocycles. The quantitative estimate of drug-likeness (QED) is 0.683. The lowest BCUT2D eigenvalue weighted by molar-refractivity contribution is -0.115. The second-order valence-corrected chi connectivity index (χ2v) is 7.29. The van der Waals surface area contributed by atoms with Gasteiger partial charge in [0.1, 0.15) is 0 Å². The molecule has 5 heteroatoms. The number of anilines is 1. The molecule has 25 heavy (non-hydrogen) atoms. The number of aryl methyl sites for hydroxylation is 2. The molecular formula is C20H21N3OS. The van der Waals surface area contributed by atoms with Crippen LogP contribution in [-0.4, -0.2) is 20.7 Å². The first-order chi connectivity index (χ1) is 12.0. The van der Waals surface area contributed by atoms with Crippen LogP contribution in [0.5, 0.6) is 0 Å². The number of nitrogens with zero attached hydrogens (tertiary/aromatic N) is 2. The minimum Gasteiger partial charge on any atom is -0.325 e. The van der Waals surface area contributed by atoms with Crippen LogP contribution < -0.4 is 5.32 Å². The monoisotopic (exact) mass is 351 g/mol. The summed E-state index contributed by atoms with van der Waals surface area (Å²) in [4.78, 5) is 16.9. The molecule has 0 bridgehead atoms. The highest BCUT2D eigenvalue weighted by Gasteiger charge is 2.18. The average molecular weight is 351 g/mol. The summed E-state index contributed by atoms with van der Waals surface area (Å²) in [5.41, 5.74) is 4.30. The van der Waals surface area contributed by atoms with Gasteiger partial charge in [0, 0.05) is 18.1 Å². The number of aromatic nitrogens is 2. The molecule has 2 aromatic carbocycles. The number of hydrogen-bond acceptors (Lipinski definition) is 3. The van der Waals surface area contributed by atoms with Crippen LogP contribution in [0.2, 0.25) is 0 Å². The summed E-state index contributed by atoms with van der Waals surface area (Å²) in [5, 5.41) is 3.49. The van der Waals surface area contributed by atoms with Crippen LogP contribution >= 0.6 is 11.8 Å². The molecule has 4 nitrogen and oxygen atoms in total. The topological polar surface area (TPSA) is 46.9 Å². The Balaban J connectivity index is 1.75. The second-order valence-electron chi connectivity index (χ2n) is 5.99. The lowest BCUT2D eigenvalue weighted by Gasteiger charge is -2.14. The number of imidazole rings is 1. The number of para-hydroxylation sites is 1. The Morgan fingerprint density at radius 3 is 2.64 bits per heavy atom. The van der Waals surface area contributed by atoms with Crippen molar-refractivity contribution >= 4 is 23.4 Å². The summed E-state index contributed by atoms with van der Waals surface area (Å²) in [6, 6.07) is 15.8. The van der Waals surface area contributed by atoms with Crippen LogP contribution in [0.25, 0.3) is 5.69 Å². The highest BCUT2D eigenvalue weighted by Crippen LogP contribution is 2.27.